The van der Waals surface area contributed by atoms with Gasteiger partial charge in [0.2, 0.25) is 5.91 Å². The fourth-order valence-electron chi connectivity index (χ4n) is 0.969. The van der Waals surface area contributed by atoms with Crippen LogP contribution in [0.2, 0.25) is 0 Å². The van der Waals surface area contributed by atoms with Crippen LogP contribution in [0.1, 0.15) is 13.3 Å². The Hall–Kier alpha value is -1.36. The van der Waals surface area contributed by atoms with Crippen molar-refractivity contribution >= 4 is 11.7 Å². The molecule has 1 N–H and O–H groups in total. The molecular weight excluding hydrogens is 182 g/mol. The van der Waals surface area contributed by atoms with Crippen molar-refractivity contribution in [2.45, 2.75) is 19.9 Å². The van der Waals surface area contributed by atoms with Crippen LogP contribution in [0.25, 0.3) is 0 Å². The Labute approximate surface area is 83.1 Å². The molecule has 0 saturated carbocycles. The zero-order chi connectivity index (χ0) is 10.4. The third kappa shape index (κ3) is 3.18. The Balaban J connectivity index is 2.46. The lowest BCUT2D eigenvalue weighted by Gasteiger charge is -2.00. The zero-order valence-electron chi connectivity index (χ0n) is 8.49. The molecule has 1 aromatic rings. The third-order valence-corrected chi connectivity index (χ3v) is 1.75. The lowest BCUT2D eigenvalue weighted by molar-refractivity contribution is -0.115. The molecule has 0 radical (unpaired) electrons. The molecular formula is C9H15N3O2. The van der Waals surface area contributed by atoms with Crippen molar-refractivity contribution in [1.29, 1.82) is 0 Å². The number of carbonyl (C=O) groups is 1. The molecule has 0 aromatic carbocycles. The molecule has 0 aliphatic rings. The van der Waals surface area contributed by atoms with Gasteiger partial charge in [-0.3, -0.25) is 9.48 Å². The molecule has 0 bridgehead atoms. The molecule has 1 amide bonds. The highest BCUT2D eigenvalue weighted by atomic mass is 16.5. The van der Waals surface area contributed by atoms with Gasteiger partial charge in [0.1, 0.15) is 0 Å². The maximum absolute atomic E-state index is 11.0. The van der Waals surface area contributed by atoms with Crippen molar-refractivity contribution < 1.29 is 9.53 Å². The fraction of sp³-hybridized carbons (Fsp3) is 0.556. The Morgan fingerprint density at radius 3 is 3.14 bits per heavy atom. The lowest BCUT2D eigenvalue weighted by atomic mass is 10.4. The minimum absolute atomic E-state index is 0.0259. The molecule has 0 unspecified atom stereocenters. The zero-order valence-corrected chi connectivity index (χ0v) is 8.49. The molecule has 1 rings (SSSR count). The van der Waals surface area contributed by atoms with Crippen molar-refractivity contribution in [3.63, 3.8) is 0 Å². The van der Waals surface area contributed by atoms with Gasteiger partial charge in [0, 0.05) is 25.8 Å². The lowest BCUT2D eigenvalue weighted by Crippen LogP contribution is -2.11. The highest BCUT2D eigenvalue weighted by Gasteiger charge is 2.01. The van der Waals surface area contributed by atoms with Crippen LogP contribution in [-0.2, 0) is 16.1 Å². The summed E-state index contributed by atoms with van der Waals surface area (Å²) in [5.74, 6) is 0.565. The van der Waals surface area contributed by atoms with Gasteiger partial charge in [-0.1, -0.05) is 6.92 Å². The summed E-state index contributed by atoms with van der Waals surface area (Å²) < 4.78 is 6.64. The first-order valence-corrected chi connectivity index (χ1v) is 4.58. The second-order valence-corrected chi connectivity index (χ2v) is 2.86. The number of rotatable bonds is 5. The van der Waals surface area contributed by atoms with E-state index >= 15 is 0 Å². The van der Waals surface area contributed by atoms with E-state index in [0.29, 0.717) is 25.4 Å². The highest BCUT2D eigenvalue weighted by Crippen LogP contribution is 2.02. The van der Waals surface area contributed by atoms with Crippen molar-refractivity contribution in [1.82, 2.24) is 9.78 Å². The van der Waals surface area contributed by atoms with Crippen LogP contribution in [0.4, 0.5) is 5.82 Å². The number of amides is 1. The predicted octanol–water partition coefficient (Wildman–Crippen LogP) is 0.878. The van der Waals surface area contributed by atoms with Gasteiger partial charge in [0.25, 0.3) is 0 Å². The molecule has 14 heavy (non-hydrogen) atoms. The average molecular weight is 197 g/mol. The van der Waals surface area contributed by atoms with E-state index in [0.717, 1.165) is 0 Å². The highest BCUT2D eigenvalue weighted by molar-refractivity contribution is 5.89. The van der Waals surface area contributed by atoms with Crippen molar-refractivity contribution in [2.24, 2.45) is 0 Å². The summed E-state index contributed by atoms with van der Waals surface area (Å²) in [7, 11) is 1.64. The van der Waals surface area contributed by atoms with E-state index in [1.165, 1.54) is 0 Å². The maximum Gasteiger partial charge on any atom is 0.225 e. The molecule has 1 aromatic heterocycles. The van der Waals surface area contributed by atoms with Crippen molar-refractivity contribution in [3.8, 4) is 0 Å². The summed E-state index contributed by atoms with van der Waals surface area (Å²) in [5.41, 5.74) is 0. The van der Waals surface area contributed by atoms with Crippen LogP contribution in [0.3, 0.4) is 0 Å². The minimum Gasteiger partial charge on any atom is -0.383 e. The number of nitrogens with one attached hydrogen (secondary N) is 1. The molecule has 1 heterocycles. The standard InChI is InChI=1S/C9H15N3O2/c1-3-9(13)10-8-4-5-12(11-8)6-7-14-2/h4-5H,3,6-7H2,1-2H3,(H,10,11,13). The van der Waals surface area contributed by atoms with Crippen LogP contribution in [-0.4, -0.2) is 29.4 Å². The average Bonchev–Trinajstić information content (AvgIpc) is 2.62. The first kappa shape index (κ1) is 10.7. The van der Waals surface area contributed by atoms with E-state index in [1.807, 2.05) is 6.20 Å². The largest absolute Gasteiger partial charge is 0.383 e. The molecule has 0 saturated heterocycles. The van der Waals surface area contributed by atoms with Gasteiger partial charge in [-0.25, -0.2) is 0 Å². The van der Waals surface area contributed by atoms with E-state index in [4.69, 9.17) is 4.74 Å². The summed E-state index contributed by atoms with van der Waals surface area (Å²) >= 11 is 0. The van der Waals surface area contributed by atoms with Gasteiger partial charge in [-0.15, -0.1) is 0 Å². The van der Waals surface area contributed by atoms with Crippen LogP contribution in [0, 0.1) is 0 Å². The molecule has 0 aliphatic carbocycles. The number of methoxy groups -OCH3 is 1. The van der Waals surface area contributed by atoms with Gasteiger partial charge in [0.05, 0.1) is 13.2 Å². The number of hydrogen-bond donors (Lipinski definition) is 1. The number of aromatic nitrogens is 2. The van der Waals surface area contributed by atoms with Gasteiger partial charge in [-0.2, -0.15) is 5.10 Å². The summed E-state index contributed by atoms with van der Waals surface area (Å²) in [6.45, 7) is 3.11. The predicted molar refractivity (Wildman–Crippen MR) is 53.0 cm³/mol. The van der Waals surface area contributed by atoms with E-state index in [-0.39, 0.29) is 5.91 Å². The molecule has 5 heteroatoms. The van der Waals surface area contributed by atoms with Crippen LogP contribution in [0.15, 0.2) is 12.3 Å². The van der Waals surface area contributed by atoms with Crippen LogP contribution < -0.4 is 5.32 Å². The van der Waals surface area contributed by atoms with Crippen molar-refractivity contribution in [3.05, 3.63) is 12.3 Å². The number of ether oxygens (including phenoxy) is 1. The first-order valence-electron chi connectivity index (χ1n) is 4.58. The normalized spacial score (nSPS) is 10.1. The topological polar surface area (TPSA) is 56.2 Å². The fourth-order valence-corrected chi connectivity index (χ4v) is 0.969. The van der Waals surface area contributed by atoms with Gasteiger partial charge < -0.3 is 10.1 Å². The number of anilines is 1. The smallest absolute Gasteiger partial charge is 0.225 e. The first-order chi connectivity index (χ1) is 6.76. The van der Waals surface area contributed by atoms with Crippen molar-refractivity contribution in [2.75, 3.05) is 19.0 Å². The third-order valence-electron chi connectivity index (χ3n) is 1.75. The number of hydrogen-bond acceptors (Lipinski definition) is 3. The molecule has 5 nitrogen and oxygen atoms in total. The molecule has 78 valence electrons. The number of carbonyl (C=O) groups excluding carboxylic acids is 1. The summed E-state index contributed by atoms with van der Waals surface area (Å²) in [4.78, 5) is 11.0. The maximum atomic E-state index is 11.0. The molecule has 0 fully saturated rings. The van der Waals surface area contributed by atoms with Gasteiger partial charge >= 0.3 is 0 Å². The monoisotopic (exact) mass is 197 g/mol. The number of nitrogens with zero attached hydrogens (tertiary/aromatic N) is 2. The van der Waals surface area contributed by atoms with E-state index in [1.54, 1.807) is 24.8 Å². The van der Waals surface area contributed by atoms with Crippen LogP contribution in [0.5, 0.6) is 0 Å². The minimum atomic E-state index is -0.0259. The summed E-state index contributed by atoms with van der Waals surface area (Å²) in [6.07, 6.45) is 2.27. The summed E-state index contributed by atoms with van der Waals surface area (Å²) in [6, 6.07) is 1.77. The second-order valence-electron chi connectivity index (χ2n) is 2.86. The van der Waals surface area contributed by atoms with E-state index in [2.05, 4.69) is 10.4 Å². The Morgan fingerprint density at radius 1 is 1.71 bits per heavy atom. The molecule has 0 spiro atoms. The van der Waals surface area contributed by atoms with Gasteiger partial charge in [-0.05, 0) is 0 Å². The van der Waals surface area contributed by atoms with E-state index in [9.17, 15) is 4.79 Å². The second kappa shape index (κ2) is 5.39. The Kier molecular flexibility index (Phi) is 4.12. The van der Waals surface area contributed by atoms with Gasteiger partial charge in [0.15, 0.2) is 5.82 Å². The SMILES string of the molecule is CCC(=O)Nc1ccn(CCOC)n1. The Bertz CT molecular complexity index is 296. The quantitative estimate of drug-likeness (QED) is 0.762. The van der Waals surface area contributed by atoms with Crippen LogP contribution >= 0.6 is 0 Å². The summed E-state index contributed by atoms with van der Waals surface area (Å²) in [5, 5.41) is 6.82. The van der Waals surface area contributed by atoms with E-state index < -0.39 is 0 Å². The molecule has 0 aliphatic heterocycles. The Morgan fingerprint density at radius 2 is 2.50 bits per heavy atom. The molecule has 0 atom stereocenters.